The number of nitrogens with zero attached hydrogens (tertiary/aromatic N) is 2. The number of hydrogen-bond donors (Lipinski definition) is 2. The number of aromatic nitrogens is 1. The van der Waals surface area contributed by atoms with Crippen LogP contribution in [-0.4, -0.2) is 37.0 Å². The van der Waals surface area contributed by atoms with Gasteiger partial charge in [0.1, 0.15) is 11.6 Å². The van der Waals surface area contributed by atoms with E-state index < -0.39 is 0 Å². The van der Waals surface area contributed by atoms with Crippen LogP contribution < -0.4 is 20.3 Å². The molecule has 1 saturated heterocycles. The van der Waals surface area contributed by atoms with E-state index in [1.54, 1.807) is 7.11 Å². The van der Waals surface area contributed by atoms with Gasteiger partial charge in [-0.1, -0.05) is 32.0 Å². The Morgan fingerprint density at radius 2 is 1.75 bits per heavy atom. The third-order valence-corrected chi connectivity index (χ3v) is 6.73. The standard InChI is InChI=1S/C29H36N4O3/c1-19-13-20(2)18-33(17-19)27-14-21(3)24-15-23(9-10-25(24)32-27)31-29(35)12-11-28(34)30-16-22-7-5-6-8-26(22)36-4/h5-10,14-15,19-20H,11-13,16-18H2,1-4H3,(H,30,34)(H,31,35)/t19-,20+. The summed E-state index contributed by atoms with van der Waals surface area (Å²) < 4.78 is 5.30. The van der Waals surface area contributed by atoms with Gasteiger partial charge >= 0.3 is 0 Å². The zero-order valence-electron chi connectivity index (χ0n) is 21.6. The van der Waals surface area contributed by atoms with E-state index in [9.17, 15) is 9.59 Å². The monoisotopic (exact) mass is 488 g/mol. The lowest BCUT2D eigenvalue weighted by molar-refractivity contribution is -0.124. The number of amides is 2. The third kappa shape index (κ3) is 6.33. The molecule has 0 saturated carbocycles. The van der Waals surface area contributed by atoms with Crippen molar-refractivity contribution in [1.82, 2.24) is 10.3 Å². The molecule has 190 valence electrons. The van der Waals surface area contributed by atoms with Gasteiger partial charge in [-0.25, -0.2) is 4.98 Å². The van der Waals surface area contributed by atoms with Crippen LogP contribution in [0.4, 0.5) is 11.5 Å². The molecule has 2 heterocycles. The first-order chi connectivity index (χ1) is 17.3. The molecule has 7 heteroatoms. The number of benzene rings is 2. The van der Waals surface area contributed by atoms with Crippen LogP contribution in [0.15, 0.2) is 48.5 Å². The molecule has 36 heavy (non-hydrogen) atoms. The number of carbonyl (C=O) groups excluding carboxylic acids is 2. The quantitative estimate of drug-likeness (QED) is 0.463. The second-order valence-electron chi connectivity index (χ2n) is 10.0. The molecule has 2 N–H and O–H groups in total. The summed E-state index contributed by atoms with van der Waals surface area (Å²) >= 11 is 0. The Balaban J connectivity index is 1.33. The van der Waals surface area contributed by atoms with Crippen LogP contribution in [-0.2, 0) is 16.1 Å². The van der Waals surface area contributed by atoms with Gasteiger partial charge in [-0.05, 0) is 61.1 Å². The second kappa shape index (κ2) is 11.4. The number of fused-ring (bicyclic) bond motifs is 1. The minimum Gasteiger partial charge on any atom is -0.496 e. The molecule has 1 aromatic heterocycles. The number of aryl methyl sites for hydroxylation is 1. The van der Waals surface area contributed by atoms with Gasteiger partial charge in [0.2, 0.25) is 11.8 Å². The van der Waals surface area contributed by atoms with E-state index in [0.717, 1.165) is 46.7 Å². The highest BCUT2D eigenvalue weighted by molar-refractivity contribution is 5.96. The summed E-state index contributed by atoms with van der Waals surface area (Å²) in [5.41, 5.74) is 3.66. The molecule has 1 fully saturated rings. The topological polar surface area (TPSA) is 83.6 Å². The van der Waals surface area contributed by atoms with Crippen molar-refractivity contribution in [2.45, 2.75) is 46.6 Å². The van der Waals surface area contributed by atoms with E-state index in [1.165, 1.54) is 6.42 Å². The first kappa shape index (κ1) is 25.5. The van der Waals surface area contributed by atoms with Gasteiger partial charge in [-0.3, -0.25) is 9.59 Å². The van der Waals surface area contributed by atoms with Gasteiger partial charge in [0.25, 0.3) is 0 Å². The molecule has 1 aliphatic heterocycles. The lowest BCUT2D eigenvalue weighted by Gasteiger charge is -2.36. The Morgan fingerprint density at radius 3 is 2.50 bits per heavy atom. The molecule has 1 aliphatic rings. The Bertz CT molecular complexity index is 1230. The molecule has 7 nitrogen and oxygen atoms in total. The number of piperidine rings is 1. The van der Waals surface area contributed by atoms with Gasteiger partial charge in [0.15, 0.2) is 0 Å². The number of anilines is 2. The number of ether oxygens (including phenoxy) is 1. The highest BCUT2D eigenvalue weighted by Gasteiger charge is 2.23. The molecule has 0 radical (unpaired) electrons. The summed E-state index contributed by atoms with van der Waals surface area (Å²) in [4.78, 5) is 32.1. The molecule has 0 bridgehead atoms. The SMILES string of the molecule is COc1ccccc1CNC(=O)CCC(=O)Nc1ccc2nc(N3C[C@H](C)C[C@H](C)C3)cc(C)c2c1. The number of carbonyl (C=O) groups is 2. The van der Waals surface area contributed by atoms with E-state index in [1.807, 2.05) is 42.5 Å². The lowest BCUT2D eigenvalue weighted by atomic mass is 9.92. The van der Waals surface area contributed by atoms with Crippen molar-refractivity contribution >= 4 is 34.2 Å². The number of pyridine rings is 1. The van der Waals surface area contributed by atoms with Gasteiger partial charge in [0.05, 0.1) is 12.6 Å². The smallest absolute Gasteiger partial charge is 0.224 e. The van der Waals surface area contributed by atoms with E-state index in [-0.39, 0.29) is 24.7 Å². The van der Waals surface area contributed by atoms with Crippen LogP contribution in [0.5, 0.6) is 5.75 Å². The van der Waals surface area contributed by atoms with Crippen LogP contribution in [0, 0.1) is 18.8 Å². The van der Waals surface area contributed by atoms with Crippen molar-refractivity contribution in [1.29, 1.82) is 0 Å². The Morgan fingerprint density at radius 1 is 1.03 bits per heavy atom. The van der Waals surface area contributed by atoms with Crippen LogP contribution in [0.1, 0.15) is 44.2 Å². The minimum atomic E-state index is -0.194. The number of nitrogens with one attached hydrogen (secondary N) is 2. The highest BCUT2D eigenvalue weighted by atomic mass is 16.5. The van der Waals surface area contributed by atoms with Crippen molar-refractivity contribution in [3.8, 4) is 5.75 Å². The maximum Gasteiger partial charge on any atom is 0.224 e. The van der Waals surface area contributed by atoms with Crippen LogP contribution in [0.2, 0.25) is 0 Å². The summed E-state index contributed by atoms with van der Waals surface area (Å²) in [5.74, 6) is 2.70. The van der Waals surface area contributed by atoms with Crippen molar-refractivity contribution in [3.63, 3.8) is 0 Å². The molecule has 2 amide bonds. The van der Waals surface area contributed by atoms with E-state index in [0.29, 0.717) is 24.1 Å². The van der Waals surface area contributed by atoms with Gasteiger partial charge < -0.3 is 20.3 Å². The minimum absolute atomic E-state index is 0.108. The Kier molecular flexibility index (Phi) is 8.08. The first-order valence-electron chi connectivity index (χ1n) is 12.7. The summed E-state index contributed by atoms with van der Waals surface area (Å²) in [7, 11) is 1.60. The van der Waals surface area contributed by atoms with Crippen LogP contribution in [0.3, 0.4) is 0 Å². The van der Waals surface area contributed by atoms with E-state index in [4.69, 9.17) is 9.72 Å². The fraction of sp³-hybridized carbons (Fsp3) is 0.414. The molecule has 4 rings (SSSR count). The summed E-state index contributed by atoms with van der Waals surface area (Å²) in [6.07, 6.45) is 1.48. The van der Waals surface area contributed by atoms with Crippen molar-refractivity contribution in [3.05, 3.63) is 59.7 Å². The fourth-order valence-corrected chi connectivity index (χ4v) is 5.05. The molecule has 0 spiro atoms. The van der Waals surface area contributed by atoms with Gasteiger partial charge in [-0.2, -0.15) is 0 Å². The average Bonchev–Trinajstić information content (AvgIpc) is 2.86. The van der Waals surface area contributed by atoms with E-state index >= 15 is 0 Å². The van der Waals surface area contributed by atoms with Crippen molar-refractivity contribution in [2.24, 2.45) is 11.8 Å². The zero-order chi connectivity index (χ0) is 25.7. The number of methoxy groups -OCH3 is 1. The number of rotatable bonds is 8. The van der Waals surface area contributed by atoms with Crippen molar-refractivity contribution < 1.29 is 14.3 Å². The maximum absolute atomic E-state index is 12.5. The van der Waals surface area contributed by atoms with Gasteiger partial charge in [0, 0.05) is 49.1 Å². The molecule has 2 atom stereocenters. The summed E-state index contributed by atoms with van der Waals surface area (Å²) in [5, 5.41) is 6.79. The second-order valence-corrected chi connectivity index (χ2v) is 10.0. The summed E-state index contributed by atoms with van der Waals surface area (Å²) in [6.45, 7) is 9.11. The van der Waals surface area contributed by atoms with Crippen molar-refractivity contribution in [2.75, 3.05) is 30.4 Å². The maximum atomic E-state index is 12.5. The third-order valence-electron chi connectivity index (χ3n) is 6.73. The molecule has 0 unspecified atom stereocenters. The number of hydrogen-bond acceptors (Lipinski definition) is 5. The molecular weight excluding hydrogens is 452 g/mol. The molecule has 3 aromatic rings. The van der Waals surface area contributed by atoms with Crippen LogP contribution in [0.25, 0.3) is 10.9 Å². The zero-order valence-corrected chi connectivity index (χ0v) is 21.6. The highest BCUT2D eigenvalue weighted by Crippen LogP contribution is 2.29. The molecule has 2 aromatic carbocycles. The lowest BCUT2D eigenvalue weighted by Crippen LogP contribution is -2.39. The Labute approximate surface area is 213 Å². The summed E-state index contributed by atoms with van der Waals surface area (Å²) in [6, 6.07) is 15.5. The predicted octanol–water partition coefficient (Wildman–Crippen LogP) is 5.07. The fourth-order valence-electron chi connectivity index (χ4n) is 5.05. The van der Waals surface area contributed by atoms with Crippen LogP contribution >= 0.6 is 0 Å². The largest absolute Gasteiger partial charge is 0.496 e. The first-order valence-corrected chi connectivity index (χ1v) is 12.7. The number of para-hydroxylation sites is 1. The normalized spacial score (nSPS) is 17.6. The molecule has 0 aliphatic carbocycles. The Hall–Kier alpha value is -3.61. The predicted molar refractivity (Wildman–Crippen MR) is 144 cm³/mol. The van der Waals surface area contributed by atoms with Gasteiger partial charge in [-0.15, -0.1) is 0 Å². The average molecular weight is 489 g/mol. The molecular formula is C29H36N4O3. The van der Waals surface area contributed by atoms with E-state index in [2.05, 4.69) is 42.4 Å².